The fourth-order valence-corrected chi connectivity index (χ4v) is 3.45. The van der Waals surface area contributed by atoms with Gasteiger partial charge in [-0.2, -0.15) is 0 Å². The molecule has 2 atom stereocenters. The molecule has 0 heterocycles. The molecule has 132 valence electrons. The van der Waals surface area contributed by atoms with Gasteiger partial charge in [0.2, 0.25) is 0 Å². The topological polar surface area (TPSA) is 43.4 Å². The molecule has 0 bridgehead atoms. The summed E-state index contributed by atoms with van der Waals surface area (Å²) in [4.78, 5) is 24.9. The van der Waals surface area contributed by atoms with Gasteiger partial charge in [-0.05, 0) is 35.4 Å². The van der Waals surface area contributed by atoms with Crippen molar-refractivity contribution in [3.63, 3.8) is 0 Å². The Morgan fingerprint density at radius 3 is 2.54 bits per heavy atom. The van der Waals surface area contributed by atoms with E-state index in [4.69, 9.17) is 22.8 Å². The maximum Gasteiger partial charge on any atom is 0.152 e. The van der Waals surface area contributed by atoms with Gasteiger partial charge in [-0.15, -0.1) is 12.3 Å². The Morgan fingerprint density at radius 1 is 1.23 bits per heavy atom. The van der Waals surface area contributed by atoms with Crippen molar-refractivity contribution in [2.75, 3.05) is 7.11 Å². The molecule has 2 aromatic rings. The summed E-state index contributed by atoms with van der Waals surface area (Å²) in [6.45, 7) is 0. The third-order valence-electron chi connectivity index (χ3n) is 4.60. The number of ether oxygens (including phenoxy) is 1. The van der Waals surface area contributed by atoms with E-state index in [1.54, 1.807) is 30.3 Å². The lowest BCUT2D eigenvalue weighted by Crippen LogP contribution is -2.17. The van der Waals surface area contributed by atoms with Crippen LogP contribution >= 0.6 is 11.6 Å². The number of methoxy groups -OCH3 is 1. The Balaban J connectivity index is 2.06. The van der Waals surface area contributed by atoms with E-state index < -0.39 is 17.7 Å². The number of terminal acetylenes is 1. The average molecular weight is 371 g/mol. The zero-order valence-electron chi connectivity index (χ0n) is 14.1. The van der Waals surface area contributed by atoms with Crippen LogP contribution in [0.5, 0.6) is 5.75 Å². The van der Waals surface area contributed by atoms with E-state index in [1.807, 2.05) is 0 Å². The molecule has 1 aliphatic carbocycles. The van der Waals surface area contributed by atoms with Gasteiger partial charge in [0.1, 0.15) is 23.3 Å². The van der Waals surface area contributed by atoms with E-state index in [0.29, 0.717) is 10.6 Å². The van der Waals surface area contributed by atoms with Crippen molar-refractivity contribution >= 4 is 23.2 Å². The summed E-state index contributed by atoms with van der Waals surface area (Å²) in [7, 11) is 1.38. The third-order valence-corrected chi connectivity index (χ3v) is 4.85. The number of carbonyl (C=O) groups excluding carboxylic acids is 2. The maximum atomic E-state index is 14.9. The molecule has 0 N–H and O–H groups in total. The number of carbonyl (C=O) groups is 2. The summed E-state index contributed by atoms with van der Waals surface area (Å²) in [6.07, 6.45) is 5.47. The highest BCUT2D eigenvalue weighted by molar-refractivity contribution is 6.30. The van der Waals surface area contributed by atoms with Crippen molar-refractivity contribution in [2.45, 2.75) is 18.8 Å². The number of Topliss-reactive ketones (excluding diaryl/α,β-unsaturated/α-hetero) is 2. The molecule has 0 spiro atoms. The van der Waals surface area contributed by atoms with E-state index in [2.05, 4.69) is 5.92 Å². The fourth-order valence-electron chi connectivity index (χ4n) is 3.32. The third kappa shape index (κ3) is 3.23. The highest BCUT2D eigenvalue weighted by Crippen LogP contribution is 2.41. The normalized spacial score (nSPS) is 19.5. The highest BCUT2D eigenvalue weighted by Gasteiger charge is 2.44. The first-order valence-electron chi connectivity index (χ1n) is 8.09. The van der Waals surface area contributed by atoms with E-state index in [9.17, 15) is 14.0 Å². The van der Waals surface area contributed by atoms with Crippen molar-refractivity contribution in [3.05, 3.63) is 52.8 Å². The second-order valence-electron chi connectivity index (χ2n) is 6.19. The monoisotopic (exact) mass is 370 g/mol. The minimum Gasteiger partial charge on any atom is -0.496 e. The van der Waals surface area contributed by atoms with Crippen LogP contribution in [0, 0.1) is 24.1 Å². The van der Waals surface area contributed by atoms with E-state index >= 15 is 0 Å². The van der Waals surface area contributed by atoms with Gasteiger partial charge in [-0.25, -0.2) is 4.39 Å². The Bertz CT molecular complexity index is 912. The molecule has 0 saturated heterocycles. The predicted octanol–water partition coefficient (Wildman–Crippen LogP) is 4.42. The molecular formula is C21H16ClFO3. The van der Waals surface area contributed by atoms with Crippen LogP contribution < -0.4 is 4.74 Å². The smallest absolute Gasteiger partial charge is 0.152 e. The molecule has 0 aromatic heterocycles. The van der Waals surface area contributed by atoms with Crippen LogP contribution in [0.4, 0.5) is 4.39 Å². The second-order valence-corrected chi connectivity index (χ2v) is 6.63. The molecule has 2 aromatic carbocycles. The summed E-state index contributed by atoms with van der Waals surface area (Å²) < 4.78 is 20.2. The van der Waals surface area contributed by atoms with Gasteiger partial charge in [-0.1, -0.05) is 23.7 Å². The van der Waals surface area contributed by atoms with Crippen LogP contribution in [0.3, 0.4) is 0 Å². The number of benzene rings is 2. The summed E-state index contributed by atoms with van der Waals surface area (Å²) in [5.74, 6) is -0.471. The lowest BCUT2D eigenvalue weighted by molar-refractivity contribution is -0.124. The van der Waals surface area contributed by atoms with Crippen molar-refractivity contribution in [3.8, 4) is 29.2 Å². The minimum absolute atomic E-state index is 0.0141. The molecule has 3 rings (SSSR count). The van der Waals surface area contributed by atoms with Crippen LogP contribution in [0.15, 0.2) is 36.4 Å². The molecule has 0 aliphatic heterocycles. The average Bonchev–Trinajstić information content (AvgIpc) is 2.89. The number of rotatable bonds is 4. The molecule has 1 aliphatic rings. The van der Waals surface area contributed by atoms with E-state index in [1.165, 1.54) is 13.2 Å². The molecule has 1 fully saturated rings. The van der Waals surface area contributed by atoms with Crippen LogP contribution in [0.1, 0.15) is 24.3 Å². The molecule has 0 radical (unpaired) electrons. The highest BCUT2D eigenvalue weighted by atomic mass is 35.5. The number of ketones is 2. The largest absolute Gasteiger partial charge is 0.496 e. The van der Waals surface area contributed by atoms with Gasteiger partial charge in [0.05, 0.1) is 7.11 Å². The standard InChI is InChI=1S/C21H16ClFO3/c1-3-4-13-10-17(24)20(21(13)25)19-16(23)9-14(11-18(19)26-2)12-5-7-15(22)8-6-12/h1,5-9,11,13,20H,4,10H2,2H3/t13-,20?/m1/s1. The quantitative estimate of drug-likeness (QED) is 0.591. The predicted molar refractivity (Wildman–Crippen MR) is 97.7 cm³/mol. The number of hydrogen-bond donors (Lipinski definition) is 0. The first-order chi connectivity index (χ1) is 12.5. The van der Waals surface area contributed by atoms with Gasteiger partial charge in [0.25, 0.3) is 0 Å². The minimum atomic E-state index is -1.16. The zero-order valence-corrected chi connectivity index (χ0v) is 14.8. The maximum absolute atomic E-state index is 14.9. The Hall–Kier alpha value is -2.64. The summed E-state index contributed by atoms with van der Waals surface area (Å²) in [5, 5.41) is 0.569. The Labute approximate surface area is 156 Å². The van der Waals surface area contributed by atoms with Gasteiger partial charge >= 0.3 is 0 Å². The van der Waals surface area contributed by atoms with Crippen LogP contribution in [0.2, 0.25) is 5.02 Å². The van der Waals surface area contributed by atoms with Gasteiger partial charge in [0.15, 0.2) is 5.78 Å². The Morgan fingerprint density at radius 2 is 1.92 bits per heavy atom. The molecule has 26 heavy (non-hydrogen) atoms. The molecule has 5 heteroatoms. The van der Waals surface area contributed by atoms with Crippen molar-refractivity contribution < 1.29 is 18.7 Å². The lowest BCUT2D eigenvalue weighted by atomic mass is 9.90. The first-order valence-corrected chi connectivity index (χ1v) is 8.47. The van der Waals surface area contributed by atoms with E-state index in [-0.39, 0.29) is 35.7 Å². The van der Waals surface area contributed by atoms with Gasteiger partial charge in [0, 0.05) is 29.3 Å². The number of hydrogen-bond acceptors (Lipinski definition) is 3. The van der Waals surface area contributed by atoms with Crippen molar-refractivity contribution in [1.82, 2.24) is 0 Å². The van der Waals surface area contributed by atoms with Crippen LogP contribution in [-0.2, 0) is 9.59 Å². The van der Waals surface area contributed by atoms with Crippen LogP contribution in [-0.4, -0.2) is 18.7 Å². The van der Waals surface area contributed by atoms with Crippen LogP contribution in [0.25, 0.3) is 11.1 Å². The van der Waals surface area contributed by atoms with E-state index in [0.717, 1.165) is 5.56 Å². The molecule has 0 amide bonds. The van der Waals surface area contributed by atoms with Crippen molar-refractivity contribution in [1.29, 1.82) is 0 Å². The zero-order chi connectivity index (χ0) is 18.8. The second kappa shape index (κ2) is 7.31. The summed E-state index contributed by atoms with van der Waals surface area (Å²) in [5.41, 5.74) is 1.30. The summed E-state index contributed by atoms with van der Waals surface area (Å²) >= 11 is 5.88. The van der Waals surface area contributed by atoms with Crippen molar-refractivity contribution in [2.24, 2.45) is 5.92 Å². The number of halogens is 2. The fraction of sp³-hybridized carbons (Fsp3) is 0.238. The SMILES string of the molecule is C#CC[C@@H]1CC(=O)C(c2c(F)cc(-c3ccc(Cl)cc3)cc2OC)C1=O. The van der Waals surface area contributed by atoms with Gasteiger partial charge in [-0.3, -0.25) is 9.59 Å². The first kappa shape index (κ1) is 18.2. The van der Waals surface area contributed by atoms with Gasteiger partial charge < -0.3 is 4.74 Å². The molecule has 3 nitrogen and oxygen atoms in total. The summed E-state index contributed by atoms with van der Waals surface area (Å²) in [6, 6.07) is 9.83. The molecular weight excluding hydrogens is 355 g/mol. The Kier molecular flexibility index (Phi) is 5.11. The lowest BCUT2D eigenvalue weighted by Gasteiger charge is -2.16. The molecule has 1 unspecified atom stereocenters. The molecule has 1 saturated carbocycles.